The van der Waals surface area contributed by atoms with Gasteiger partial charge in [0.05, 0.1) is 13.2 Å². The van der Waals surface area contributed by atoms with Gasteiger partial charge in [-0.2, -0.15) is 0 Å². The first-order chi connectivity index (χ1) is 17.4. The first-order valence-electron chi connectivity index (χ1n) is 12.5. The molecule has 3 aromatic rings. The average molecular weight is 486 g/mol. The van der Waals surface area contributed by atoms with Crippen molar-refractivity contribution in [3.63, 3.8) is 0 Å². The largest absolute Gasteiger partial charge is 0.493 e. The minimum absolute atomic E-state index is 0.0909. The minimum atomic E-state index is -0.567. The molecule has 1 heterocycles. The van der Waals surface area contributed by atoms with E-state index in [1.807, 2.05) is 93.6 Å². The van der Waals surface area contributed by atoms with Gasteiger partial charge in [0, 0.05) is 11.5 Å². The zero-order chi connectivity index (χ0) is 25.4. The maximum Gasteiger partial charge on any atom is 0.324 e. The summed E-state index contributed by atoms with van der Waals surface area (Å²) < 4.78 is 18.1. The van der Waals surface area contributed by atoms with E-state index in [9.17, 15) is 4.79 Å². The van der Waals surface area contributed by atoms with Crippen LogP contribution in [-0.2, 0) is 20.9 Å². The molecule has 0 amide bonds. The van der Waals surface area contributed by atoms with E-state index in [-0.39, 0.29) is 18.1 Å². The summed E-state index contributed by atoms with van der Waals surface area (Å²) in [6, 6.07) is 27.6. The lowest BCUT2D eigenvalue weighted by molar-refractivity contribution is -0.158. The highest BCUT2D eigenvalue weighted by Crippen LogP contribution is 2.28. The molecule has 0 aromatic heterocycles. The van der Waals surface area contributed by atoms with Crippen LogP contribution < -0.4 is 10.1 Å². The number of para-hydroxylation sites is 1. The van der Waals surface area contributed by atoms with E-state index in [0.29, 0.717) is 19.6 Å². The Morgan fingerprint density at radius 2 is 1.58 bits per heavy atom. The monoisotopic (exact) mass is 485 g/mol. The average Bonchev–Trinajstić information content (AvgIpc) is 3.29. The Labute approximate surface area is 214 Å². The van der Waals surface area contributed by atoms with Gasteiger partial charge in [-0.05, 0) is 44.4 Å². The summed E-state index contributed by atoms with van der Waals surface area (Å²) in [5.74, 6) is 0.409. The second-order valence-electron chi connectivity index (χ2n) is 10.1. The van der Waals surface area contributed by atoms with E-state index in [0.717, 1.165) is 22.4 Å². The Balaban J connectivity index is 1.43. The quantitative estimate of drug-likeness (QED) is 0.293. The second-order valence-corrected chi connectivity index (χ2v) is 10.1. The van der Waals surface area contributed by atoms with Crippen molar-refractivity contribution in [1.82, 2.24) is 5.32 Å². The smallest absolute Gasteiger partial charge is 0.324 e. The van der Waals surface area contributed by atoms with E-state index >= 15 is 0 Å². The van der Waals surface area contributed by atoms with Gasteiger partial charge in [-0.25, -0.2) is 0 Å². The van der Waals surface area contributed by atoms with E-state index < -0.39 is 11.6 Å². The van der Waals surface area contributed by atoms with Crippen LogP contribution >= 0.6 is 0 Å². The molecule has 188 valence electrons. The van der Waals surface area contributed by atoms with Gasteiger partial charge >= 0.3 is 5.97 Å². The molecular weight excluding hydrogens is 450 g/mol. The molecule has 1 fully saturated rings. The molecule has 3 atom stereocenters. The van der Waals surface area contributed by atoms with Gasteiger partial charge in [0.1, 0.15) is 23.6 Å². The van der Waals surface area contributed by atoms with Crippen molar-refractivity contribution in [2.45, 2.75) is 51.7 Å². The van der Waals surface area contributed by atoms with Crippen LogP contribution in [-0.4, -0.2) is 30.4 Å². The molecule has 0 saturated carbocycles. The first-order valence-corrected chi connectivity index (χ1v) is 12.5. The van der Waals surface area contributed by atoms with Crippen molar-refractivity contribution >= 4 is 18.1 Å². The van der Waals surface area contributed by atoms with Gasteiger partial charge in [0.2, 0.25) is 0 Å². The Kier molecular flexibility index (Phi) is 8.57. The van der Waals surface area contributed by atoms with Crippen LogP contribution in [0.15, 0.2) is 84.9 Å². The number of hydrogen-bond acceptors (Lipinski definition) is 5. The summed E-state index contributed by atoms with van der Waals surface area (Å²) in [6.45, 7) is 6.48. The van der Waals surface area contributed by atoms with Crippen molar-refractivity contribution in [1.29, 1.82) is 0 Å². The number of hydrogen-bond donors (Lipinski definition) is 1. The van der Waals surface area contributed by atoms with Gasteiger partial charge in [-0.15, -0.1) is 0 Å². The lowest BCUT2D eigenvalue weighted by Crippen LogP contribution is -2.44. The summed E-state index contributed by atoms with van der Waals surface area (Å²) in [5, 5.41) is 3.34. The number of rotatable bonds is 9. The molecule has 4 rings (SSSR count). The second kappa shape index (κ2) is 12.0. The fourth-order valence-electron chi connectivity index (χ4n) is 4.19. The van der Waals surface area contributed by atoms with E-state index in [1.54, 1.807) is 0 Å². The summed E-state index contributed by atoms with van der Waals surface area (Å²) in [7, 11) is 0. The summed E-state index contributed by atoms with van der Waals surface area (Å²) in [5.41, 5.74) is 2.63. The lowest BCUT2D eigenvalue weighted by atomic mass is 10.0. The third-order valence-electron chi connectivity index (χ3n) is 5.94. The SMILES string of the molecule is CC(C)(C)OC(=O)C1N[C@H](OCc2ccccc2)CC1COc1ccccc1C=Cc1ccccc1. The third kappa shape index (κ3) is 7.54. The zero-order valence-electron chi connectivity index (χ0n) is 21.2. The first kappa shape index (κ1) is 25.7. The maximum atomic E-state index is 13.0. The molecule has 5 heteroatoms. The third-order valence-corrected chi connectivity index (χ3v) is 5.94. The van der Waals surface area contributed by atoms with Crippen LogP contribution in [0.25, 0.3) is 12.2 Å². The van der Waals surface area contributed by atoms with Gasteiger partial charge in [-0.3, -0.25) is 10.1 Å². The fraction of sp³-hybridized carbons (Fsp3) is 0.323. The van der Waals surface area contributed by atoms with Crippen LogP contribution in [0.5, 0.6) is 5.75 Å². The van der Waals surface area contributed by atoms with Crippen molar-refractivity contribution < 1.29 is 19.0 Å². The van der Waals surface area contributed by atoms with Crippen LogP contribution in [0.4, 0.5) is 0 Å². The zero-order valence-corrected chi connectivity index (χ0v) is 21.2. The summed E-state index contributed by atoms with van der Waals surface area (Å²) in [6.07, 6.45) is 4.51. The van der Waals surface area contributed by atoms with Crippen LogP contribution in [0, 0.1) is 5.92 Å². The predicted octanol–water partition coefficient (Wildman–Crippen LogP) is 6.10. The number of carbonyl (C=O) groups is 1. The molecule has 3 aromatic carbocycles. The molecule has 1 N–H and O–H groups in total. The topological polar surface area (TPSA) is 56.8 Å². The van der Waals surface area contributed by atoms with Gasteiger partial charge in [-0.1, -0.05) is 91.0 Å². The number of benzene rings is 3. The summed E-state index contributed by atoms with van der Waals surface area (Å²) in [4.78, 5) is 13.0. The van der Waals surface area contributed by atoms with E-state index in [4.69, 9.17) is 14.2 Å². The van der Waals surface area contributed by atoms with Crippen LogP contribution in [0.2, 0.25) is 0 Å². The Morgan fingerprint density at radius 1 is 0.917 bits per heavy atom. The number of carbonyl (C=O) groups excluding carboxylic acids is 1. The molecule has 1 aliphatic heterocycles. The standard InChI is InChI=1S/C31H35NO4/c1-31(2,3)36-30(33)29-26(20-28(32-29)35-21-24-14-8-5-9-15-24)22-34-27-17-11-10-16-25(27)19-18-23-12-6-4-7-13-23/h4-19,26,28-29,32H,20-22H2,1-3H3/t26?,28-,29?/m1/s1. The molecule has 36 heavy (non-hydrogen) atoms. The number of esters is 1. The lowest BCUT2D eigenvalue weighted by Gasteiger charge is -2.25. The molecule has 5 nitrogen and oxygen atoms in total. The van der Waals surface area contributed by atoms with Gasteiger partial charge in [0.25, 0.3) is 0 Å². The Morgan fingerprint density at radius 3 is 2.31 bits per heavy atom. The molecule has 1 aliphatic rings. The maximum absolute atomic E-state index is 13.0. The predicted molar refractivity (Wildman–Crippen MR) is 143 cm³/mol. The summed E-state index contributed by atoms with van der Waals surface area (Å²) >= 11 is 0. The van der Waals surface area contributed by atoms with Crippen LogP contribution in [0.1, 0.15) is 43.9 Å². The van der Waals surface area contributed by atoms with Crippen molar-refractivity contribution in [3.05, 3.63) is 102 Å². The normalized spacial score (nSPS) is 19.9. The molecule has 0 bridgehead atoms. The minimum Gasteiger partial charge on any atom is -0.493 e. The fourth-order valence-corrected chi connectivity index (χ4v) is 4.19. The molecule has 2 unspecified atom stereocenters. The van der Waals surface area contributed by atoms with Crippen molar-refractivity contribution in [2.75, 3.05) is 6.61 Å². The van der Waals surface area contributed by atoms with Crippen LogP contribution in [0.3, 0.4) is 0 Å². The number of ether oxygens (including phenoxy) is 3. The molecule has 0 spiro atoms. The molecule has 1 saturated heterocycles. The van der Waals surface area contributed by atoms with Crippen molar-refractivity contribution in [3.8, 4) is 5.75 Å². The molecular formula is C31H35NO4. The molecule has 0 aliphatic carbocycles. The molecule has 0 radical (unpaired) electrons. The Bertz CT molecular complexity index is 1140. The van der Waals surface area contributed by atoms with Gasteiger partial charge in [0.15, 0.2) is 0 Å². The van der Waals surface area contributed by atoms with E-state index in [1.165, 1.54) is 0 Å². The highest BCUT2D eigenvalue weighted by molar-refractivity contribution is 5.77. The van der Waals surface area contributed by atoms with Crippen molar-refractivity contribution in [2.24, 2.45) is 5.92 Å². The highest BCUT2D eigenvalue weighted by Gasteiger charge is 2.41. The van der Waals surface area contributed by atoms with E-state index in [2.05, 4.69) is 29.6 Å². The Hall–Kier alpha value is -3.41. The number of nitrogens with one attached hydrogen (secondary N) is 1. The highest BCUT2D eigenvalue weighted by atomic mass is 16.6. The van der Waals surface area contributed by atoms with Gasteiger partial charge < -0.3 is 14.2 Å².